The highest BCUT2D eigenvalue weighted by atomic mass is 19.4. The van der Waals surface area contributed by atoms with E-state index in [1.807, 2.05) is 0 Å². The molecular formula is C21H13F6NO4. The molecule has 168 valence electrons. The summed E-state index contributed by atoms with van der Waals surface area (Å²) in [5, 5.41) is 0. The van der Waals surface area contributed by atoms with Gasteiger partial charge in [-0.25, -0.2) is 4.79 Å². The van der Waals surface area contributed by atoms with E-state index in [9.17, 15) is 31.1 Å². The Bertz CT molecular complexity index is 1090. The van der Waals surface area contributed by atoms with Crippen LogP contribution in [0.3, 0.4) is 0 Å². The molecule has 0 aliphatic carbocycles. The molecule has 0 N–H and O–H groups in total. The van der Waals surface area contributed by atoms with Crippen molar-refractivity contribution in [1.29, 1.82) is 0 Å². The smallest absolute Gasteiger partial charge is 0.465 e. The average molecular weight is 457 g/mol. The Hall–Kier alpha value is -3.76. The fourth-order valence-electron chi connectivity index (χ4n) is 2.79. The quantitative estimate of drug-likeness (QED) is 0.348. The highest BCUT2D eigenvalue weighted by molar-refractivity contribution is 5.98. The zero-order chi connectivity index (χ0) is 23.5. The minimum Gasteiger partial charge on any atom is -0.465 e. The summed E-state index contributed by atoms with van der Waals surface area (Å²) in [5.74, 6) is -1.60. The summed E-state index contributed by atoms with van der Waals surface area (Å²) in [6.07, 6.45) is -8.37. The van der Waals surface area contributed by atoms with Crippen LogP contribution in [-0.4, -0.2) is 30.8 Å². The second-order valence-corrected chi connectivity index (χ2v) is 6.25. The maximum atomic E-state index is 12.3. The van der Waals surface area contributed by atoms with E-state index in [0.29, 0.717) is 11.1 Å². The fourth-order valence-corrected chi connectivity index (χ4v) is 2.79. The van der Waals surface area contributed by atoms with Crippen molar-refractivity contribution in [3.63, 3.8) is 0 Å². The van der Waals surface area contributed by atoms with Crippen molar-refractivity contribution in [1.82, 2.24) is 4.98 Å². The molecule has 1 heterocycles. The number of methoxy groups -OCH3 is 1. The normalized spacial score (nSPS) is 11.7. The number of rotatable bonds is 5. The number of halogens is 6. The predicted molar refractivity (Wildman–Crippen MR) is 99.8 cm³/mol. The monoisotopic (exact) mass is 457 g/mol. The van der Waals surface area contributed by atoms with E-state index >= 15 is 0 Å². The summed E-state index contributed by atoms with van der Waals surface area (Å²) in [6, 6.07) is 11.0. The number of hydrogen-bond acceptors (Lipinski definition) is 5. The van der Waals surface area contributed by atoms with Gasteiger partial charge < -0.3 is 14.2 Å². The Kier molecular flexibility index (Phi) is 6.28. The van der Waals surface area contributed by atoms with Gasteiger partial charge in [0.2, 0.25) is 0 Å². The van der Waals surface area contributed by atoms with Crippen molar-refractivity contribution >= 4 is 5.97 Å². The van der Waals surface area contributed by atoms with Crippen LogP contribution in [0.1, 0.15) is 10.4 Å². The molecule has 0 aliphatic rings. The van der Waals surface area contributed by atoms with Gasteiger partial charge in [0.05, 0.1) is 18.4 Å². The molecule has 2 aromatic carbocycles. The van der Waals surface area contributed by atoms with E-state index in [2.05, 4.69) is 14.5 Å². The van der Waals surface area contributed by atoms with Gasteiger partial charge in [-0.1, -0.05) is 12.1 Å². The number of carbonyl (C=O) groups excluding carboxylic acids is 1. The van der Waals surface area contributed by atoms with Gasteiger partial charge in [-0.05, 0) is 48.0 Å². The lowest BCUT2D eigenvalue weighted by molar-refractivity contribution is -0.275. The van der Waals surface area contributed by atoms with Crippen LogP contribution in [0.5, 0.6) is 11.5 Å². The SMILES string of the molecule is COC(=O)c1cc(-c2ccc(OC(F)(F)F)cc2)ncc1-c1ccc(OC(F)(F)F)cc1. The van der Waals surface area contributed by atoms with Crippen LogP contribution >= 0.6 is 0 Å². The number of nitrogens with zero attached hydrogens (tertiary/aromatic N) is 1. The van der Waals surface area contributed by atoms with E-state index in [0.717, 1.165) is 31.4 Å². The summed E-state index contributed by atoms with van der Waals surface area (Å²) in [6.45, 7) is 0. The van der Waals surface area contributed by atoms with Crippen LogP contribution in [0.2, 0.25) is 0 Å². The number of benzene rings is 2. The van der Waals surface area contributed by atoms with Crippen LogP contribution in [0.4, 0.5) is 26.3 Å². The topological polar surface area (TPSA) is 57.7 Å². The van der Waals surface area contributed by atoms with Crippen molar-refractivity contribution in [2.45, 2.75) is 12.7 Å². The second kappa shape index (κ2) is 8.77. The van der Waals surface area contributed by atoms with Crippen molar-refractivity contribution in [3.8, 4) is 33.9 Å². The second-order valence-electron chi connectivity index (χ2n) is 6.25. The molecule has 0 saturated carbocycles. The molecule has 5 nitrogen and oxygen atoms in total. The molecule has 0 amide bonds. The number of alkyl halides is 6. The summed E-state index contributed by atoms with van der Waals surface area (Å²) in [4.78, 5) is 16.5. The zero-order valence-electron chi connectivity index (χ0n) is 16.1. The maximum Gasteiger partial charge on any atom is 0.573 e. The van der Waals surface area contributed by atoms with Gasteiger partial charge >= 0.3 is 18.7 Å². The minimum absolute atomic E-state index is 0.0533. The molecular weight excluding hydrogens is 444 g/mol. The lowest BCUT2D eigenvalue weighted by Crippen LogP contribution is -2.17. The lowest BCUT2D eigenvalue weighted by atomic mass is 9.99. The van der Waals surface area contributed by atoms with E-state index < -0.39 is 30.2 Å². The number of aromatic nitrogens is 1. The minimum atomic E-state index is -4.84. The Labute approximate surface area is 177 Å². The lowest BCUT2D eigenvalue weighted by Gasteiger charge is -2.12. The van der Waals surface area contributed by atoms with Gasteiger partial charge in [-0.3, -0.25) is 4.98 Å². The van der Waals surface area contributed by atoms with Crippen LogP contribution in [0.15, 0.2) is 60.8 Å². The van der Waals surface area contributed by atoms with Crippen molar-refractivity contribution in [2.75, 3.05) is 7.11 Å². The average Bonchev–Trinajstić information content (AvgIpc) is 2.72. The number of esters is 1. The molecule has 1 aromatic heterocycles. The van der Waals surface area contributed by atoms with E-state index in [1.165, 1.54) is 36.5 Å². The van der Waals surface area contributed by atoms with Crippen molar-refractivity contribution in [2.24, 2.45) is 0 Å². The van der Waals surface area contributed by atoms with Crippen molar-refractivity contribution in [3.05, 3.63) is 66.4 Å². The molecule has 0 saturated heterocycles. The molecule has 32 heavy (non-hydrogen) atoms. The summed E-state index contributed by atoms with van der Waals surface area (Å²) < 4.78 is 86.3. The third-order valence-electron chi connectivity index (χ3n) is 4.09. The molecule has 0 unspecified atom stereocenters. The highest BCUT2D eigenvalue weighted by Gasteiger charge is 2.31. The Balaban J connectivity index is 1.94. The zero-order valence-corrected chi connectivity index (χ0v) is 16.1. The molecule has 0 aliphatic heterocycles. The molecule has 0 spiro atoms. The van der Waals surface area contributed by atoms with E-state index in [-0.39, 0.29) is 16.8 Å². The number of pyridine rings is 1. The van der Waals surface area contributed by atoms with Gasteiger partial charge in [0, 0.05) is 17.3 Å². The number of hydrogen-bond donors (Lipinski definition) is 0. The van der Waals surface area contributed by atoms with Gasteiger partial charge in [0.15, 0.2) is 0 Å². The van der Waals surface area contributed by atoms with Gasteiger partial charge in [-0.15, -0.1) is 26.3 Å². The Morgan fingerprint density at radius 1 is 0.781 bits per heavy atom. The molecule has 11 heteroatoms. The van der Waals surface area contributed by atoms with Gasteiger partial charge in [-0.2, -0.15) is 0 Å². The van der Waals surface area contributed by atoms with Gasteiger partial charge in [0.25, 0.3) is 0 Å². The van der Waals surface area contributed by atoms with E-state index in [1.54, 1.807) is 0 Å². The third-order valence-corrected chi connectivity index (χ3v) is 4.09. The standard InChI is InChI=1S/C21H13F6NO4/c1-30-19(29)16-10-18(13-4-8-15(9-5-13)32-21(25,26)27)28-11-17(16)12-2-6-14(7-3-12)31-20(22,23)24/h2-11H,1H3. The Morgan fingerprint density at radius 3 is 1.69 bits per heavy atom. The molecule has 0 atom stereocenters. The number of ether oxygens (including phenoxy) is 3. The summed E-state index contributed by atoms with van der Waals surface area (Å²) >= 11 is 0. The van der Waals surface area contributed by atoms with Crippen LogP contribution in [0, 0.1) is 0 Å². The summed E-state index contributed by atoms with van der Waals surface area (Å²) in [5.41, 5.74) is 1.34. The molecule has 3 rings (SSSR count). The van der Waals surface area contributed by atoms with Gasteiger partial charge in [0.1, 0.15) is 11.5 Å². The fraction of sp³-hybridized carbons (Fsp3) is 0.143. The number of carbonyl (C=O) groups is 1. The third kappa shape index (κ3) is 5.90. The van der Waals surface area contributed by atoms with Crippen LogP contribution in [0.25, 0.3) is 22.4 Å². The Morgan fingerprint density at radius 2 is 1.25 bits per heavy atom. The van der Waals surface area contributed by atoms with Crippen LogP contribution < -0.4 is 9.47 Å². The van der Waals surface area contributed by atoms with Crippen molar-refractivity contribution < 1.29 is 45.3 Å². The maximum absolute atomic E-state index is 12.3. The first kappa shape index (κ1) is 22.9. The molecule has 3 aromatic rings. The van der Waals surface area contributed by atoms with E-state index in [4.69, 9.17) is 4.74 Å². The summed E-state index contributed by atoms with van der Waals surface area (Å²) in [7, 11) is 1.15. The largest absolute Gasteiger partial charge is 0.573 e. The highest BCUT2D eigenvalue weighted by Crippen LogP contribution is 2.31. The first-order valence-electron chi connectivity index (χ1n) is 8.76. The first-order valence-corrected chi connectivity index (χ1v) is 8.76. The molecule has 0 radical (unpaired) electrons. The first-order chi connectivity index (χ1) is 14.9. The van der Waals surface area contributed by atoms with Crippen LogP contribution in [-0.2, 0) is 4.74 Å². The predicted octanol–water partition coefficient (Wildman–Crippen LogP) is 6.00. The molecule has 0 fully saturated rings. The molecule has 0 bridgehead atoms.